The van der Waals surface area contributed by atoms with Crippen LogP contribution in [0, 0.1) is 0 Å². The molecule has 0 amide bonds. The number of H-pyrrole nitrogens is 1. The smallest absolute Gasteiger partial charge is 0.245 e. The Morgan fingerprint density at radius 2 is 2.05 bits per heavy atom. The van der Waals surface area contributed by atoms with Gasteiger partial charge in [0, 0.05) is 44.0 Å². The maximum absolute atomic E-state index is 12.7. The minimum Gasteiger partial charge on any atom is -0.345 e. The third-order valence-corrected chi connectivity index (χ3v) is 5.75. The molecule has 0 aromatic carbocycles. The Hall–Kier alpha value is -1.44. The molecule has 0 spiro atoms. The first-order chi connectivity index (χ1) is 9.63. The van der Waals surface area contributed by atoms with Crippen LogP contribution >= 0.6 is 0 Å². The van der Waals surface area contributed by atoms with E-state index >= 15 is 0 Å². The van der Waals surface area contributed by atoms with Crippen LogP contribution in [-0.4, -0.2) is 60.3 Å². The lowest BCUT2D eigenvalue weighted by Crippen LogP contribution is -2.48. The summed E-state index contributed by atoms with van der Waals surface area (Å²) in [5, 5.41) is 0.658. The van der Waals surface area contributed by atoms with Crippen LogP contribution in [0.4, 0.5) is 0 Å². The van der Waals surface area contributed by atoms with Crippen LogP contribution in [0.25, 0.3) is 11.0 Å². The van der Waals surface area contributed by atoms with E-state index in [4.69, 9.17) is 0 Å². The van der Waals surface area contributed by atoms with Crippen LogP contribution in [0.15, 0.2) is 29.4 Å². The second-order valence-corrected chi connectivity index (χ2v) is 6.80. The molecule has 1 aliphatic rings. The van der Waals surface area contributed by atoms with E-state index < -0.39 is 10.0 Å². The van der Waals surface area contributed by atoms with Gasteiger partial charge in [-0.25, -0.2) is 13.4 Å². The molecule has 0 saturated carbocycles. The van der Waals surface area contributed by atoms with Crippen molar-refractivity contribution in [1.29, 1.82) is 0 Å². The van der Waals surface area contributed by atoms with E-state index in [0.717, 1.165) is 19.6 Å². The number of hydrogen-bond acceptors (Lipinski definition) is 4. The predicted octanol–water partition coefficient (Wildman–Crippen LogP) is 0.889. The number of aromatic nitrogens is 2. The average molecular weight is 294 g/mol. The van der Waals surface area contributed by atoms with Crippen molar-refractivity contribution in [3.8, 4) is 0 Å². The van der Waals surface area contributed by atoms with Gasteiger partial charge < -0.3 is 9.88 Å². The Balaban J connectivity index is 1.92. The van der Waals surface area contributed by atoms with Crippen LogP contribution in [0.2, 0.25) is 0 Å². The van der Waals surface area contributed by atoms with Crippen molar-refractivity contribution < 1.29 is 8.42 Å². The Kier molecular flexibility index (Phi) is 3.49. The first-order valence-electron chi connectivity index (χ1n) is 6.77. The van der Waals surface area contributed by atoms with Gasteiger partial charge in [0.05, 0.1) is 0 Å². The van der Waals surface area contributed by atoms with Crippen molar-refractivity contribution in [2.75, 3.05) is 32.7 Å². The van der Waals surface area contributed by atoms with Gasteiger partial charge in [-0.1, -0.05) is 6.92 Å². The molecular formula is C13H18N4O2S. The van der Waals surface area contributed by atoms with Crippen LogP contribution in [0.1, 0.15) is 6.92 Å². The highest BCUT2D eigenvalue weighted by atomic mass is 32.2. The number of sulfonamides is 1. The topological polar surface area (TPSA) is 69.3 Å². The fraction of sp³-hybridized carbons (Fsp3) is 0.462. The zero-order chi connectivity index (χ0) is 14.2. The molecule has 0 aliphatic carbocycles. The highest BCUT2D eigenvalue weighted by Crippen LogP contribution is 2.24. The standard InChI is InChI=1S/C13H18N4O2S/c1-2-16-6-8-17(9-7-16)20(18,19)12-10-15-13-11(12)4-3-5-14-13/h3-5,10H,2,6-9H2,1H3,(H,14,15). The molecule has 1 N–H and O–H groups in total. The molecule has 6 nitrogen and oxygen atoms in total. The SMILES string of the molecule is CCN1CCN(S(=O)(=O)c2c[nH]c3ncccc23)CC1. The Morgan fingerprint density at radius 3 is 2.75 bits per heavy atom. The molecule has 0 atom stereocenters. The molecule has 1 fully saturated rings. The molecule has 108 valence electrons. The van der Waals surface area contributed by atoms with Crippen molar-refractivity contribution in [2.45, 2.75) is 11.8 Å². The molecule has 2 aromatic rings. The van der Waals surface area contributed by atoms with Crippen molar-refractivity contribution >= 4 is 21.1 Å². The lowest BCUT2D eigenvalue weighted by molar-refractivity contribution is 0.196. The summed E-state index contributed by atoms with van der Waals surface area (Å²) in [6.45, 7) is 5.72. The van der Waals surface area contributed by atoms with E-state index in [1.54, 1.807) is 28.8 Å². The Bertz CT molecular complexity index is 702. The first kappa shape index (κ1) is 13.5. The minimum absolute atomic E-state index is 0.325. The third-order valence-electron chi connectivity index (χ3n) is 3.81. The predicted molar refractivity (Wildman–Crippen MR) is 77.0 cm³/mol. The minimum atomic E-state index is -3.44. The van der Waals surface area contributed by atoms with E-state index in [0.29, 0.717) is 29.0 Å². The van der Waals surface area contributed by atoms with Crippen LogP contribution in [0.5, 0.6) is 0 Å². The molecular weight excluding hydrogens is 276 g/mol. The Morgan fingerprint density at radius 1 is 1.30 bits per heavy atom. The summed E-state index contributed by atoms with van der Waals surface area (Å²) in [5.41, 5.74) is 0.610. The molecule has 1 aliphatic heterocycles. The largest absolute Gasteiger partial charge is 0.345 e. The van der Waals surface area contributed by atoms with Crippen molar-refractivity contribution in [2.24, 2.45) is 0 Å². The summed E-state index contributed by atoms with van der Waals surface area (Å²) in [4.78, 5) is 9.64. The highest BCUT2D eigenvalue weighted by Gasteiger charge is 2.30. The van der Waals surface area contributed by atoms with Gasteiger partial charge in [-0.15, -0.1) is 0 Å². The number of pyridine rings is 1. The van der Waals surface area contributed by atoms with Gasteiger partial charge in [-0.05, 0) is 18.7 Å². The number of nitrogens with one attached hydrogen (secondary N) is 1. The van der Waals surface area contributed by atoms with Gasteiger partial charge in [-0.3, -0.25) is 0 Å². The second-order valence-electron chi connectivity index (χ2n) is 4.89. The van der Waals surface area contributed by atoms with E-state index in [1.807, 2.05) is 0 Å². The summed E-state index contributed by atoms with van der Waals surface area (Å²) >= 11 is 0. The fourth-order valence-corrected chi connectivity index (χ4v) is 4.14. The molecule has 2 aromatic heterocycles. The van der Waals surface area contributed by atoms with Crippen LogP contribution in [0.3, 0.4) is 0 Å². The summed E-state index contributed by atoms with van der Waals surface area (Å²) in [6, 6.07) is 3.54. The van der Waals surface area contributed by atoms with Crippen LogP contribution < -0.4 is 0 Å². The van der Waals surface area contributed by atoms with Crippen molar-refractivity contribution in [3.05, 3.63) is 24.5 Å². The van der Waals surface area contributed by atoms with Gasteiger partial charge in [0.15, 0.2) is 0 Å². The summed E-state index contributed by atoms with van der Waals surface area (Å²) in [5.74, 6) is 0. The van der Waals surface area contributed by atoms with Crippen molar-refractivity contribution in [1.82, 2.24) is 19.2 Å². The second kappa shape index (κ2) is 5.16. The number of rotatable bonds is 3. The molecule has 0 radical (unpaired) electrons. The van der Waals surface area contributed by atoms with Gasteiger partial charge in [0.1, 0.15) is 10.5 Å². The molecule has 3 heterocycles. The molecule has 1 saturated heterocycles. The van der Waals surface area contributed by atoms with E-state index in [-0.39, 0.29) is 0 Å². The van der Waals surface area contributed by atoms with E-state index in [1.165, 1.54) is 0 Å². The zero-order valence-corrected chi connectivity index (χ0v) is 12.2. The average Bonchev–Trinajstić information content (AvgIpc) is 2.92. The monoisotopic (exact) mass is 294 g/mol. The first-order valence-corrected chi connectivity index (χ1v) is 8.21. The van der Waals surface area contributed by atoms with Gasteiger partial charge >= 0.3 is 0 Å². The normalized spacial score (nSPS) is 18.6. The summed E-state index contributed by atoms with van der Waals surface area (Å²) in [7, 11) is -3.44. The third kappa shape index (κ3) is 2.21. The van der Waals surface area contributed by atoms with Crippen molar-refractivity contribution in [3.63, 3.8) is 0 Å². The molecule has 20 heavy (non-hydrogen) atoms. The lowest BCUT2D eigenvalue weighted by Gasteiger charge is -2.33. The van der Waals surface area contributed by atoms with Crippen LogP contribution in [-0.2, 0) is 10.0 Å². The van der Waals surface area contributed by atoms with Gasteiger partial charge in [0.25, 0.3) is 0 Å². The number of hydrogen-bond donors (Lipinski definition) is 1. The molecule has 0 unspecified atom stereocenters. The quantitative estimate of drug-likeness (QED) is 0.913. The zero-order valence-electron chi connectivity index (χ0n) is 11.4. The number of likely N-dealkylation sites (N-methyl/N-ethyl adjacent to an activating group) is 1. The lowest BCUT2D eigenvalue weighted by atomic mass is 10.3. The van der Waals surface area contributed by atoms with Gasteiger partial charge in [0.2, 0.25) is 10.0 Å². The van der Waals surface area contributed by atoms with E-state index in [9.17, 15) is 8.42 Å². The molecule has 3 rings (SSSR count). The van der Waals surface area contributed by atoms with Gasteiger partial charge in [-0.2, -0.15) is 4.31 Å². The number of nitrogens with zero attached hydrogens (tertiary/aromatic N) is 3. The number of fused-ring (bicyclic) bond motifs is 1. The number of piperazine rings is 1. The Labute approximate surface area is 118 Å². The fourth-order valence-electron chi connectivity index (χ4n) is 2.57. The highest BCUT2D eigenvalue weighted by molar-refractivity contribution is 7.89. The molecule has 0 bridgehead atoms. The maximum atomic E-state index is 12.7. The number of aromatic amines is 1. The summed E-state index contributed by atoms with van der Waals surface area (Å²) in [6.07, 6.45) is 3.19. The maximum Gasteiger partial charge on any atom is 0.245 e. The summed E-state index contributed by atoms with van der Waals surface area (Å²) < 4.78 is 27.0. The van der Waals surface area contributed by atoms with E-state index in [2.05, 4.69) is 21.8 Å². The molecule has 7 heteroatoms.